The topological polar surface area (TPSA) is 93.7 Å². The molecule has 0 N–H and O–H groups in total. The van der Waals surface area contributed by atoms with Gasteiger partial charge in [0.05, 0.1) is 29.4 Å². The maximum absolute atomic E-state index is 12.8. The third-order valence-corrected chi connectivity index (χ3v) is 5.18. The summed E-state index contributed by atoms with van der Waals surface area (Å²) >= 11 is 0. The van der Waals surface area contributed by atoms with Crippen LogP contribution in [0.25, 0.3) is 10.9 Å². The van der Waals surface area contributed by atoms with Gasteiger partial charge in [0.1, 0.15) is 12.3 Å². The number of non-ortho nitro benzene ring substituents is 1. The molecule has 9 heteroatoms. The minimum Gasteiger partial charge on any atom is -0.495 e. The van der Waals surface area contributed by atoms with Crippen molar-refractivity contribution >= 4 is 28.2 Å². The second-order valence-electron chi connectivity index (χ2n) is 6.84. The largest absolute Gasteiger partial charge is 0.495 e. The summed E-state index contributed by atoms with van der Waals surface area (Å²) in [5, 5.41) is 15.8. The van der Waals surface area contributed by atoms with E-state index in [1.54, 1.807) is 24.1 Å². The number of benzene rings is 2. The average molecular weight is 395 g/mol. The number of carbonyl (C=O) groups excluding carboxylic acids is 1. The van der Waals surface area contributed by atoms with E-state index < -0.39 is 4.92 Å². The predicted octanol–water partition coefficient (Wildman–Crippen LogP) is 2.30. The number of hydrogen-bond acceptors (Lipinski definition) is 6. The highest BCUT2D eigenvalue weighted by molar-refractivity contribution is 5.83. The van der Waals surface area contributed by atoms with Crippen molar-refractivity contribution in [1.82, 2.24) is 14.7 Å². The van der Waals surface area contributed by atoms with Gasteiger partial charge in [0, 0.05) is 43.7 Å². The third-order valence-electron chi connectivity index (χ3n) is 5.18. The minimum absolute atomic E-state index is 0.0100. The minimum atomic E-state index is -0.441. The second-order valence-corrected chi connectivity index (χ2v) is 6.84. The lowest BCUT2D eigenvalue weighted by Crippen LogP contribution is -2.49. The lowest BCUT2D eigenvalue weighted by molar-refractivity contribution is -0.384. The fourth-order valence-electron chi connectivity index (χ4n) is 3.63. The molecule has 9 nitrogen and oxygen atoms in total. The zero-order valence-electron chi connectivity index (χ0n) is 16.0. The summed E-state index contributed by atoms with van der Waals surface area (Å²) in [5.41, 5.74) is 1.74. The van der Waals surface area contributed by atoms with Crippen LogP contribution in [-0.2, 0) is 11.3 Å². The summed E-state index contributed by atoms with van der Waals surface area (Å²) in [7, 11) is 1.65. The molecule has 1 fully saturated rings. The van der Waals surface area contributed by atoms with Crippen molar-refractivity contribution in [3.63, 3.8) is 0 Å². The molecular formula is C20H21N5O4. The maximum Gasteiger partial charge on any atom is 0.270 e. The van der Waals surface area contributed by atoms with Gasteiger partial charge in [-0.3, -0.25) is 19.6 Å². The van der Waals surface area contributed by atoms with E-state index in [0.717, 1.165) is 24.5 Å². The Labute approximate surface area is 167 Å². The first kappa shape index (κ1) is 18.7. The number of hydrogen-bond donors (Lipinski definition) is 0. The quantitative estimate of drug-likeness (QED) is 0.486. The average Bonchev–Trinajstić information content (AvgIpc) is 3.15. The molecule has 0 atom stereocenters. The van der Waals surface area contributed by atoms with Crippen LogP contribution in [0.4, 0.5) is 11.4 Å². The third kappa shape index (κ3) is 3.71. The van der Waals surface area contributed by atoms with E-state index in [2.05, 4.69) is 10.00 Å². The van der Waals surface area contributed by atoms with Gasteiger partial charge in [-0.2, -0.15) is 5.10 Å². The predicted molar refractivity (Wildman–Crippen MR) is 108 cm³/mol. The Kier molecular flexibility index (Phi) is 5.03. The zero-order valence-corrected chi connectivity index (χ0v) is 16.0. The molecule has 0 aliphatic carbocycles. The summed E-state index contributed by atoms with van der Waals surface area (Å²) in [5.74, 6) is 0.803. The lowest BCUT2D eigenvalue weighted by atomic mass is 10.2. The molecule has 2 aromatic carbocycles. The van der Waals surface area contributed by atoms with E-state index in [-0.39, 0.29) is 18.1 Å². The van der Waals surface area contributed by atoms with Gasteiger partial charge in [0.2, 0.25) is 5.91 Å². The number of anilines is 1. The van der Waals surface area contributed by atoms with Gasteiger partial charge in [0.25, 0.3) is 5.69 Å². The Morgan fingerprint density at radius 1 is 1.17 bits per heavy atom. The smallest absolute Gasteiger partial charge is 0.270 e. The van der Waals surface area contributed by atoms with Crippen LogP contribution in [0.2, 0.25) is 0 Å². The monoisotopic (exact) mass is 395 g/mol. The lowest BCUT2D eigenvalue weighted by Gasteiger charge is -2.36. The van der Waals surface area contributed by atoms with Gasteiger partial charge in [-0.25, -0.2) is 0 Å². The van der Waals surface area contributed by atoms with Crippen LogP contribution in [0.5, 0.6) is 5.75 Å². The molecule has 150 valence electrons. The molecule has 29 heavy (non-hydrogen) atoms. The SMILES string of the molecule is COc1ccccc1N1CCN(C(=O)Cn2ncc3cc([N+](=O)[O-])ccc32)CC1. The van der Waals surface area contributed by atoms with Crippen LogP contribution in [0, 0.1) is 10.1 Å². The maximum atomic E-state index is 12.8. The molecule has 0 spiro atoms. The molecule has 1 saturated heterocycles. The molecule has 0 bridgehead atoms. The highest BCUT2D eigenvalue weighted by Gasteiger charge is 2.23. The standard InChI is InChI=1S/C20H21N5O4/c1-29-19-5-3-2-4-18(19)22-8-10-23(11-9-22)20(26)14-24-17-7-6-16(25(27)28)12-15(17)13-21-24/h2-7,12-13H,8-11,14H2,1H3. The van der Waals surface area contributed by atoms with Crippen LogP contribution in [-0.4, -0.2) is 58.8 Å². The Bertz CT molecular complexity index is 1060. The molecule has 0 unspecified atom stereocenters. The summed E-state index contributed by atoms with van der Waals surface area (Å²) in [6.45, 7) is 2.77. The Hall–Kier alpha value is -3.62. The van der Waals surface area contributed by atoms with Gasteiger partial charge in [-0.05, 0) is 18.2 Å². The van der Waals surface area contributed by atoms with E-state index in [0.29, 0.717) is 24.0 Å². The molecule has 1 aliphatic rings. The van der Waals surface area contributed by atoms with Crippen LogP contribution in [0.15, 0.2) is 48.7 Å². The van der Waals surface area contributed by atoms with Gasteiger partial charge in [-0.15, -0.1) is 0 Å². The van der Waals surface area contributed by atoms with Gasteiger partial charge in [0.15, 0.2) is 0 Å². The fraction of sp³-hybridized carbons (Fsp3) is 0.300. The summed E-state index contributed by atoms with van der Waals surface area (Å²) < 4.78 is 7.02. The Morgan fingerprint density at radius 2 is 1.93 bits per heavy atom. The first-order chi connectivity index (χ1) is 14.1. The zero-order chi connectivity index (χ0) is 20.4. The molecular weight excluding hydrogens is 374 g/mol. The van der Waals surface area contributed by atoms with Gasteiger partial charge in [-0.1, -0.05) is 12.1 Å². The number of ether oxygens (including phenoxy) is 1. The van der Waals surface area contributed by atoms with Gasteiger partial charge < -0.3 is 14.5 Å². The van der Waals surface area contributed by atoms with Crippen molar-refractivity contribution in [2.45, 2.75) is 6.54 Å². The number of carbonyl (C=O) groups is 1. The molecule has 2 heterocycles. The number of amides is 1. The van der Waals surface area contributed by atoms with Crippen LogP contribution < -0.4 is 9.64 Å². The molecule has 1 aromatic heterocycles. The number of fused-ring (bicyclic) bond motifs is 1. The Morgan fingerprint density at radius 3 is 2.66 bits per heavy atom. The molecule has 1 amide bonds. The second kappa shape index (κ2) is 7.78. The highest BCUT2D eigenvalue weighted by Crippen LogP contribution is 2.28. The number of nitrogens with zero attached hydrogens (tertiary/aromatic N) is 5. The number of rotatable bonds is 5. The van der Waals surface area contributed by atoms with Crippen LogP contribution in [0.3, 0.4) is 0 Å². The van der Waals surface area contributed by atoms with Crippen molar-refractivity contribution in [3.8, 4) is 5.75 Å². The fourth-order valence-corrected chi connectivity index (χ4v) is 3.63. The Balaban J connectivity index is 1.41. The molecule has 1 aliphatic heterocycles. The molecule has 0 saturated carbocycles. The van der Waals surface area contributed by atoms with Crippen molar-refractivity contribution in [1.29, 1.82) is 0 Å². The van der Waals surface area contributed by atoms with Crippen LogP contribution in [0.1, 0.15) is 0 Å². The number of piperazine rings is 1. The summed E-state index contributed by atoms with van der Waals surface area (Å²) in [4.78, 5) is 27.3. The van der Waals surface area contributed by atoms with Crippen molar-refractivity contribution in [3.05, 3.63) is 58.8 Å². The van der Waals surface area contributed by atoms with E-state index in [1.807, 2.05) is 29.2 Å². The van der Waals surface area contributed by atoms with E-state index in [4.69, 9.17) is 4.74 Å². The van der Waals surface area contributed by atoms with Crippen molar-refractivity contribution in [2.75, 3.05) is 38.2 Å². The van der Waals surface area contributed by atoms with E-state index >= 15 is 0 Å². The summed E-state index contributed by atoms with van der Waals surface area (Å²) in [6, 6.07) is 12.4. The van der Waals surface area contributed by atoms with Crippen molar-refractivity contribution in [2.24, 2.45) is 0 Å². The normalized spacial score (nSPS) is 14.2. The summed E-state index contributed by atoms with van der Waals surface area (Å²) in [6.07, 6.45) is 1.55. The van der Waals surface area contributed by atoms with Crippen LogP contribution >= 0.6 is 0 Å². The van der Waals surface area contributed by atoms with Crippen molar-refractivity contribution < 1.29 is 14.5 Å². The first-order valence-corrected chi connectivity index (χ1v) is 9.32. The number of methoxy groups -OCH3 is 1. The van der Waals surface area contributed by atoms with Gasteiger partial charge >= 0.3 is 0 Å². The number of aromatic nitrogens is 2. The molecule has 3 aromatic rings. The number of para-hydroxylation sites is 2. The first-order valence-electron chi connectivity index (χ1n) is 9.32. The van der Waals surface area contributed by atoms with E-state index in [9.17, 15) is 14.9 Å². The molecule has 0 radical (unpaired) electrons. The number of nitro groups is 1. The molecule has 4 rings (SSSR count). The van der Waals surface area contributed by atoms with E-state index in [1.165, 1.54) is 12.1 Å². The number of nitro benzene ring substituents is 1. The highest BCUT2D eigenvalue weighted by atomic mass is 16.6.